The number of aliphatic hydroxyl groups is 1. The van der Waals surface area contributed by atoms with Crippen molar-refractivity contribution in [1.29, 1.82) is 0 Å². The monoisotopic (exact) mass is 198 g/mol. The fourth-order valence-corrected chi connectivity index (χ4v) is 2.58. The van der Waals surface area contributed by atoms with Gasteiger partial charge in [0.2, 0.25) is 0 Å². The van der Waals surface area contributed by atoms with Gasteiger partial charge in [-0.25, -0.2) is 4.98 Å². The fourth-order valence-electron chi connectivity index (χ4n) is 1.87. The number of aryl methyl sites for hydroxylation is 1. The van der Waals surface area contributed by atoms with Crippen LogP contribution in [0.4, 0.5) is 0 Å². The molecule has 0 bridgehead atoms. The van der Waals surface area contributed by atoms with Crippen LogP contribution in [0.15, 0.2) is 5.38 Å². The topological polar surface area (TPSA) is 59.1 Å². The Kier molecular flexibility index (Phi) is 2.14. The fraction of sp³-hybridized carbons (Fsp3) is 0.667. The Bertz CT molecular complexity index is 312. The van der Waals surface area contributed by atoms with Crippen LogP contribution in [0.1, 0.15) is 30.0 Å². The number of nitrogens with zero attached hydrogens (tertiary/aromatic N) is 1. The van der Waals surface area contributed by atoms with Crippen molar-refractivity contribution in [3.05, 3.63) is 16.1 Å². The smallest absolute Gasteiger partial charge is 0.109 e. The summed E-state index contributed by atoms with van der Waals surface area (Å²) in [5.41, 5.74) is 5.83. The summed E-state index contributed by atoms with van der Waals surface area (Å²) in [6.07, 6.45) is 2.29. The molecular formula is C9H14N2OS. The Morgan fingerprint density at radius 3 is 3.00 bits per heavy atom. The molecular weight excluding hydrogens is 184 g/mol. The zero-order valence-electron chi connectivity index (χ0n) is 7.66. The van der Waals surface area contributed by atoms with E-state index in [1.807, 2.05) is 12.3 Å². The lowest BCUT2D eigenvalue weighted by molar-refractivity contribution is 0.0391. The largest absolute Gasteiger partial charge is 0.383 e. The van der Waals surface area contributed by atoms with E-state index in [0.29, 0.717) is 6.42 Å². The van der Waals surface area contributed by atoms with Gasteiger partial charge >= 0.3 is 0 Å². The van der Waals surface area contributed by atoms with Crippen LogP contribution in [-0.2, 0) is 5.60 Å². The molecule has 2 rings (SSSR count). The third-order valence-corrected chi connectivity index (χ3v) is 3.40. The molecule has 13 heavy (non-hydrogen) atoms. The highest BCUT2D eigenvalue weighted by Crippen LogP contribution is 2.38. The lowest BCUT2D eigenvalue weighted by Gasteiger charge is -2.19. The lowest BCUT2D eigenvalue weighted by Crippen LogP contribution is -2.25. The first-order chi connectivity index (χ1) is 6.10. The van der Waals surface area contributed by atoms with Gasteiger partial charge in [-0.15, -0.1) is 11.3 Å². The predicted octanol–water partition coefficient (Wildman–Crippen LogP) is 1.15. The molecule has 1 aliphatic rings. The van der Waals surface area contributed by atoms with E-state index >= 15 is 0 Å². The van der Waals surface area contributed by atoms with Crippen LogP contribution in [0.2, 0.25) is 0 Å². The third kappa shape index (κ3) is 1.61. The molecule has 72 valence electrons. The second-order valence-corrected chi connectivity index (χ2v) is 4.85. The quantitative estimate of drug-likeness (QED) is 0.711. The summed E-state index contributed by atoms with van der Waals surface area (Å²) < 4.78 is 0. The summed E-state index contributed by atoms with van der Waals surface area (Å²) in [6, 6.07) is 0.131. The van der Waals surface area contributed by atoms with E-state index in [0.717, 1.165) is 23.5 Å². The number of nitrogens with two attached hydrogens (primary N) is 1. The van der Waals surface area contributed by atoms with E-state index in [9.17, 15) is 5.11 Å². The van der Waals surface area contributed by atoms with Crippen LogP contribution in [-0.4, -0.2) is 16.1 Å². The number of hydrogen-bond acceptors (Lipinski definition) is 4. The zero-order valence-corrected chi connectivity index (χ0v) is 8.47. The normalized spacial score (nSPS) is 33.9. The van der Waals surface area contributed by atoms with Crippen molar-refractivity contribution in [3.8, 4) is 0 Å². The molecule has 0 aliphatic heterocycles. The van der Waals surface area contributed by atoms with Crippen molar-refractivity contribution in [2.24, 2.45) is 5.73 Å². The number of aromatic nitrogens is 1. The first kappa shape index (κ1) is 9.12. The van der Waals surface area contributed by atoms with Crippen LogP contribution in [0.5, 0.6) is 0 Å². The van der Waals surface area contributed by atoms with Gasteiger partial charge in [-0.2, -0.15) is 0 Å². The average Bonchev–Trinajstić information content (AvgIpc) is 2.60. The zero-order chi connectivity index (χ0) is 9.47. The minimum Gasteiger partial charge on any atom is -0.383 e. The van der Waals surface area contributed by atoms with Crippen molar-refractivity contribution in [2.45, 2.75) is 37.8 Å². The van der Waals surface area contributed by atoms with Crippen molar-refractivity contribution in [2.75, 3.05) is 0 Å². The summed E-state index contributed by atoms with van der Waals surface area (Å²) >= 11 is 1.58. The van der Waals surface area contributed by atoms with Gasteiger partial charge in [0.15, 0.2) is 0 Å². The molecule has 4 heteroatoms. The maximum Gasteiger partial charge on any atom is 0.109 e. The Morgan fingerprint density at radius 2 is 2.54 bits per heavy atom. The first-order valence-corrected chi connectivity index (χ1v) is 5.39. The molecule has 1 aromatic rings. The summed E-state index contributed by atoms with van der Waals surface area (Å²) in [5.74, 6) is 0. The molecule has 3 nitrogen and oxygen atoms in total. The van der Waals surface area contributed by atoms with Crippen molar-refractivity contribution < 1.29 is 5.11 Å². The molecule has 3 N–H and O–H groups in total. The van der Waals surface area contributed by atoms with Crippen LogP contribution in [0.3, 0.4) is 0 Å². The van der Waals surface area contributed by atoms with E-state index in [-0.39, 0.29) is 6.04 Å². The van der Waals surface area contributed by atoms with Gasteiger partial charge in [0.05, 0.1) is 10.7 Å². The van der Waals surface area contributed by atoms with Crippen LogP contribution >= 0.6 is 11.3 Å². The second-order valence-electron chi connectivity index (χ2n) is 3.79. The Hall–Kier alpha value is -0.450. The summed E-state index contributed by atoms with van der Waals surface area (Å²) in [4.78, 5) is 4.31. The average molecular weight is 198 g/mol. The van der Waals surface area contributed by atoms with Crippen LogP contribution in [0.25, 0.3) is 0 Å². The molecule has 1 aliphatic carbocycles. The van der Waals surface area contributed by atoms with Crippen molar-refractivity contribution in [3.63, 3.8) is 0 Å². The Balaban J connectivity index is 2.25. The maximum absolute atomic E-state index is 10.2. The van der Waals surface area contributed by atoms with E-state index in [2.05, 4.69) is 4.98 Å². The summed E-state index contributed by atoms with van der Waals surface area (Å²) in [5, 5.41) is 13.2. The van der Waals surface area contributed by atoms with Crippen LogP contribution < -0.4 is 5.73 Å². The standard InChI is InChI=1S/C9H14N2OS/c1-6-11-8(5-13-6)9(12)3-2-7(10)4-9/h5,7,12H,2-4,10H2,1H3. The molecule has 1 aromatic heterocycles. The van der Waals surface area contributed by atoms with Gasteiger partial charge in [-0.1, -0.05) is 0 Å². The molecule has 1 fully saturated rings. The SMILES string of the molecule is Cc1nc(C2(O)CCC(N)C2)cs1. The third-order valence-electron chi connectivity index (χ3n) is 2.62. The van der Waals surface area contributed by atoms with E-state index < -0.39 is 5.60 Å². The highest BCUT2D eigenvalue weighted by molar-refractivity contribution is 7.09. The van der Waals surface area contributed by atoms with Crippen LogP contribution in [0, 0.1) is 6.92 Å². The Morgan fingerprint density at radius 1 is 1.77 bits per heavy atom. The maximum atomic E-state index is 10.2. The number of rotatable bonds is 1. The molecule has 1 heterocycles. The molecule has 1 saturated carbocycles. The van der Waals surface area contributed by atoms with Gasteiger partial charge in [0.1, 0.15) is 5.60 Å². The predicted molar refractivity (Wildman–Crippen MR) is 52.6 cm³/mol. The van der Waals surface area contributed by atoms with Gasteiger partial charge in [0, 0.05) is 11.4 Å². The number of hydrogen-bond donors (Lipinski definition) is 2. The molecule has 0 spiro atoms. The molecule has 0 amide bonds. The van der Waals surface area contributed by atoms with Gasteiger partial charge in [0.25, 0.3) is 0 Å². The van der Waals surface area contributed by atoms with Gasteiger partial charge < -0.3 is 10.8 Å². The van der Waals surface area contributed by atoms with Crippen molar-refractivity contribution in [1.82, 2.24) is 4.98 Å². The lowest BCUT2D eigenvalue weighted by atomic mass is 9.99. The summed E-state index contributed by atoms with van der Waals surface area (Å²) in [7, 11) is 0. The molecule has 0 radical (unpaired) electrons. The van der Waals surface area contributed by atoms with E-state index in [1.54, 1.807) is 11.3 Å². The van der Waals surface area contributed by atoms with E-state index in [1.165, 1.54) is 0 Å². The first-order valence-electron chi connectivity index (χ1n) is 4.51. The highest BCUT2D eigenvalue weighted by atomic mass is 32.1. The second kappa shape index (κ2) is 3.04. The van der Waals surface area contributed by atoms with E-state index in [4.69, 9.17) is 5.73 Å². The molecule has 2 unspecified atom stereocenters. The molecule has 2 atom stereocenters. The number of thiazole rings is 1. The minimum absolute atomic E-state index is 0.131. The Labute approximate surface area is 81.6 Å². The van der Waals surface area contributed by atoms with Crippen molar-refractivity contribution >= 4 is 11.3 Å². The highest BCUT2D eigenvalue weighted by Gasteiger charge is 2.38. The summed E-state index contributed by atoms with van der Waals surface area (Å²) in [6.45, 7) is 1.95. The molecule has 0 aromatic carbocycles. The van der Waals surface area contributed by atoms with Gasteiger partial charge in [-0.3, -0.25) is 0 Å². The molecule has 0 saturated heterocycles. The minimum atomic E-state index is -0.746. The van der Waals surface area contributed by atoms with Gasteiger partial charge in [-0.05, 0) is 26.2 Å².